The van der Waals surface area contributed by atoms with Crippen molar-refractivity contribution >= 4 is 5.91 Å². The normalized spacial score (nSPS) is 18.6. The minimum Gasteiger partial charge on any atom is -0.394 e. The Morgan fingerprint density at radius 2 is 0.756 bits per heavy atom. The van der Waals surface area contributed by atoms with Crippen molar-refractivity contribution in [3.8, 4) is 0 Å². The van der Waals surface area contributed by atoms with Crippen molar-refractivity contribution in [3.05, 3.63) is 60.8 Å². The largest absolute Gasteiger partial charge is 0.394 e. The predicted octanol–water partition coefficient (Wildman–Crippen LogP) is 19.4. The Balaban J connectivity index is 2.03. The number of nitrogens with one attached hydrogen (secondary N) is 1. The van der Waals surface area contributed by atoms with E-state index in [0.29, 0.717) is 12.8 Å². The van der Waals surface area contributed by atoms with E-state index in [0.717, 1.165) is 70.6 Å². The fraction of sp³-hybridized carbons (Fsp3) is 0.849. The zero-order valence-electron chi connectivity index (χ0n) is 53.8. The van der Waals surface area contributed by atoms with Gasteiger partial charge < -0.3 is 40.3 Å². The van der Waals surface area contributed by atoms with E-state index in [9.17, 15) is 30.3 Å². The molecule has 1 aliphatic heterocycles. The summed E-state index contributed by atoms with van der Waals surface area (Å²) >= 11 is 0. The molecule has 7 unspecified atom stereocenters. The molecule has 1 saturated heterocycles. The number of hydrogen-bond acceptors (Lipinski definition) is 8. The van der Waals surface area contributed by atoms with Gasteiger partial charge in [-0.25, -0.2) is 0 Å². The molecule has 0 spiro atoms. The fourth-order valence-corrected chi connectivity index (χ4v) is 11.4. The lowest BCUT2D eigenvalue weighted by Crippen LogP contribution is -2.60. The fourth-order valence-electron chi connectivity index (χ4n) is 11.4. The van der Waals surface area contributed by atoms with E-state index in [1.54, 1.807) is 0 Å². The van der Waals surface area contributed by atoms with Crippen molar-refractivity contribution in [2.24, 2.45) is 0 Å². The third-order valence-corrected chi connectivity index (χ3v) is 16.9. The Kier molecular flexibility index (Phi) is 58.9. The highest BCUT2D eigenvalue weighted by atomic mass is 16.7. The van der Waals surface area contributed by atoms with Crippen molar-refractivity contribution in [3.63, 3.8) is 0 Å². The summed E-state index contributed by atoms with van der Waals surface area (Å²) < 4.78 is 11.4. The molecular formula is C73H135NO8. The molecule has 82 heavy (non-hydrogen) atoms. The number of hydrogen-bond donors (Lipinski definition) is 6. The summed E-state index contributed by atoms with van der Waals surface area (Å²) in [5.74, 6) is -0.137. The first-order valence-corrected chi connectivity index (χ1v) is 35.5. The van der Waals surface area contributed by atoms with Gasteiger partial charge in [0.2, 0.25) is 5.91 Å². The molecule has 480 valence electrons. The van der Waals surface area contributed by atoms with Gasteiger partial charge in [-0.15, -0.1) is 0 Å². The van der Waals surface area contributed by atoms with Crippen LogP contribution in [0.3, 0.4) is 0 Å². The standard InChI is InChI=1S/C73H135NO8/c1-3-5-7-9-11-13-15-17-19-21-23-24-25-26-27-28-29-30-31-32-33-34-35-36-37-38-39-40-41-42-43-44-45-47-49-51-53-55-57-59-61-63-69(77)74-66(65-81-73-72(80)71(79)70(78)68(64-75)82-73)67(76)62-60-58-56-54-52-50-48-46-22-20-18-16-14-12-10-8-6-4-2/h5,7,11,13,17,19,23-24,26-27,66-68,70-73,75-76,78-80H,3-4,6,8-10,12,14-16,18,20-22,25,28-65H2,1-2H3,(H,74,77)/b7-5-,13-11-,19-17-,24-23-,27-26-. The SMILES string of the molecule is CC/C=C\C/C=C\C/C=C\C/C=C\C/C=C\CCCCCCCCCCCCCCCCCCCCCCCCCCCC(=O)NC(COC1OC(CO)C(O)C(O)C1O)C(O)CCCCCCCCCCCCCCCCCCCC. The maximum Gasteiger partial charge on any atom is 0.220 e. The number of allylic oxidation sites excluding steroid dienone is 10. The van der Waals surface area contributed by atoms with Crippen molar-refractivity contribution < 1.29 is 39.8 Å². The molecule has 6 N–H and O–H groups in total. The van der Waals surface area contributed by atoms with Crippen molar-refractivity contribution in [1.29, 1.82) is 0 Å². The van der Waals surface area contributed by atoms with Crippen molar-refractivity contribution in [2.45, 2.75) is 384 Å². The second-order valence-corrected chi connectivity index (χ2v) is 24.7. The maximum atomic E-state index is 13.1. The van der Waals surface area contributed by atoms with Crippen LogP contribution >= 0.6 is 0 Å². The number of ether oxygens (including phenoxy) is 2. The highest BCUT2D eigenvalue weighted by Crippen LogP contribution is 2.24. The second-order valence-electron chi connectivity index (χ2n) is 24.7. The number of carbonyl (C=O) groups excluding carboxylic acids is 1. The lowest BCUT2D eigenvalue weighted by atomic mass is 9.99. The first-order valence-electron chi connectivity index (χ1n) is 35.5. The first kappa shape index (κ1) is 77.9. The summed E-state index contributed by atoms with van der Waals surface area (Å²) in [6.07, 6.45) is 78.7. The summed E-state index contributed by atoms with van der Waals surface area (Å²) in [5, 5.41) is 54.9. The van der Waals surface area contributed by atoms with Gasteiger partial charge in [0.15, 0.2) is 6.29 Å². The van der Waals surface area contributed by atoms with E-state index in [2.05, 4.69) is 79.9 Å². The summed E-state index contributed by atoms with van der Waals surface area (Å²) in [6, 6.07) is -0.718. The molecule has 1 rings (SSSR count). The van der Waals surface area contributed by atoms with E-state index in [-0.39, 0.29) is 12.5 Å². The van der Waals surface area contributed by atoms with Crippen LogP contribution in [0.5, 0.6) is 0 Å². The smallest absolute Gasteiger partial charge is 0.220 e. The molecule has 0 aromatic carbocycles. The number of aliphatic hydroxyl groups is 5. The zero-order chi connectivity index (χ0) is 59.3. The van der Waals surface area contributed by atoms with Gasteiger partial charge in [-0.2, -0.15) is 0 Å². The van der Waals surface area contributed by atoms with Crippen LogP contribution in [-0.4, -0.2) is 87.5 Å². The Hall–Kier alpha value is -2.11. The van der Waals surface area contributed by atoms with Gasteiger partial charge in [0.05, 0.1) is 25.4 Å². The van der Waals surface area contributed by atoms with Gasteiger partial charge in [0, 0.05) is 6.42 Å². The number of amides is 1. The minimum absolute atomic E-state index is 0.134. The molecule has 0 aliphatic carbocycles. The Morgan fingerprint density at radius 1 is 0.427 bits per heavy atom. The van der Waals surface area contributed by atoms with E-state index in [4.69, 9.17) is 9.47 Å². The molecule has 9 nitrogen and oxygen atoms in total. The Bertz CT molecular complexity index is 1480. The van der Waals surface area contributed by atoms with Crippen LogP contribution in [0.2, 0.25) is 0 Å². The van der Waals surface area contributed by atoms with Gasteiger partial charge in [0.25, 0.3) is 0 Å². The molecule has 1 amide bonds. The molecule has 0 bridgehead atoms. The van der Waals surface area contributed by atoms with Crippen LogP contribution in [0.1, 0.15) is 341 Å². The first-order chi connectivity index (χ1) is 40.3. The molecule has 1 fully saturated rings. The summed E-state index contributed by atoms with van der Waals surface area (Å²) in [7, 11) is 0. The average Bonchev–Trinajstić information content (AvgIpc) is 3.57. The molecule has 0 aromatic rings. The van der Waals surface area contributed by atoms with E-state index < -0.39 is 49.5 Å². The molecule has 0 aromatic heterocycles. The number of aliphatic hydroxyl groups excluding tert-OH is 5. The van der Waals surface area contributed by atoms with Crippen LogP contribution in [0.25, 0.3) is 0 Å². The van der Waals surface area contributed by atoms with Crippen LogP contribution in [-0.2, 0) is 14.3 Å². The third kappa shape index (κ3) is 50.1. The highest BCUT2D eigenvalue weighted by Gasteiger charge is 2.44. The predicted molar refractivity (Wildman–Crippen MR) is 350 cm³/mol. The van der Waals surface area contributed by atoms with Gasteiger partial charge in [-0.1, -0.05) is 338 Å². The van der Waals surface area contributed by atoms with Crippen molar-refractivity contribution in [2.75, 3.05) is 13.2 Å². The average molecular weight is 1150 g/mol. The van der Waals surface area contributed by atoms with Crippen LogP contribution in [0.15, 0.2) is 60.8 Å². The number of rotatable bonds is 62. The second kappa shape index (κ2) is 62.0. The van der Waals surface area contributed by atoms with Crippen LogP contribution < -0.4 is 5.32 Å². The Labute approximate surface area is 506 Å². The molecular weight excluding hydrogens is 1020 g/mol. The van der Waals surface area contributed by atoms with Gasteiger partial charge in [-0.05, 0) is 57.8 Å². The molecule has 1 heterocycles. The van der Waals surface area contributed by atoms with Crippen molar-refractivity contribution in [1.82, 2.24) is 5.32 Å². The summed E-state index contributed by atoms with van der Waals surface area (Å²) in [6.45, 7) is 3.76. The van der Waals surface area contributed by atoms with Gasteiger partial charge >= 0.3 is 0 Å². The van der Waals surface area contributed by atoms with Gasteiger partial charge in [0.1, 0.15) is 24.4 Å². The summed E-state index contributed by atoms with van der Waals surface area (Å²) in [5.41, 5.74) is 0. The third-order valence-electron chi connectivity index (χ3n) is 16.9. The lowest BCUT2D eigenvalue weighted by molar-refractivity contribution is -0.302. The van der Waals surface area contributed by atoms with Gasteiger partial charge in [-0.3, -0.25) is 4.79 Å². The monoisotopic (exact) mass is 1150 g/mol. The van der Waals surface area contributed by atoms with E-state index in [1.807, 2.05) is 0 Å². The van der Waals surface area contributed by atoms with Crippen LogP contribution in [0, 0.1) is 0 Å². The number of carbonyl (C=O) groups is 1. The zero-order valence-corrected chi connectivity index (χ0v) is 53.8. The number of unbranched alkanes of at least 4 members (excludes halogenated alkanes) is 42. The maximum absolute atomic E-state index is 13.1. The minimum atomic E-state index is -1.55. The molecule has 0 radical (unpaired) electrons. The lowest BCUT2D eigenvalue weighted by Gasteiger charge is -2.40. The molecule has 9 heteroatoms. The Morgan fingerprint density at radius 3 is 1.12 bits per heavy atom. The molecule has 7 atom stereocenters. The van der Waals surface area contributed by atoms with E-state index >= 15 is 0 Å². The highest BCUT2D eigenvalue weighted by molar-refractivity contribution is 5.76. The quantitative estimate of drug-likeness (QED) is 0.0261. The summed E-state index contributed by atoms with van der Waals surface area (Å²) in [4.78, 5) is 13.1. The van der Waals surface area contributed by atoms with Crippen LogP contribution in [0.4, 0.5) is 0 Å². The molecule has 1 aliphatic rings. The molecule has 0 saturated carbocycles. The topological polar surface area (TPSA) is 149 Å². The van der Waals surface area contributed by atoms with E-state index in [1.165, 1.54) is 244 Å².